The Balaban J connectivity index is 1.47. The van der Waals surface area contributed by atoms with Gasteiger partial charge in [-0.15, -0.1) is 0 Å². The molecule has 0 spiro atoms. The Hall–Kier alpha value is -0.120. The van der Waals surface area contributed by atoms with Crippen LogP contribution in [0.25, 0.3) is 0 Å². The van der Waals surface area contributed by atoms with Crippen LogP contribution in [-0.2, 0) is 0 Å². The molecule has 3 nitrogen and oxygen atoms in total. The zero-order valence-electron chi connectivity index (χ0n) is 13.7. The van der Waals surface area contributed by atoms with Gasteiger partial charge >= 0.3 is 0 Å². The SMILES string of the molecule is CCC1CCC(O)(CNC2CCCC2C2CCCN2)CC1. The second kappa shape index (κ2) is 6.97. The molecule has 3 heteroatoms. The minimum Gasteiger partial charge on any atom is -0.389 e. The Morgan fingerprint density at radius 3 is 2.57 bits per heavy atom. The largest absolute Gasteiger partial charge is 0.389 e. The highest BCUT2D eigenvalue weighted by molar-refractivity contribution is 4.95. The molecule has 0 aromatic carbocycles. The molecule has 122 valence electrons. The minimum absolute atomic E-state index is 0.429. The molecule has 3 atom stereocenters. The molecule has 2 saturated carbocycles. The van der Waals surface area contributed by atoms with Gasteiger partial charge in [-0.25, -0.2) is 0 Å². The molecule has 0 aromatic heterocycles. The van der Waals surface area contributed by atoms with E-state index in [-0.39, 0.29) is 0 Å². The molecule has 3 unspecified atom stereocenters. The quantitative estimate of drug-likeness (QED) is 0.730. The van der Waals surface area contributed by atoms with E-state index < -0.39 is 5.60 Å². The van der Waals surface area contributed by atoms with Crippen LogP contribution in [0.1, 0.15) is 71.1 Å². The van der Waals surface area contributed by atoms with E-state index in [2.05, 4.69) is 17.6 Å². The highest BCUT2D eigenvalue weighted by atomic mass is 16.3. The molecular weight excluding hydrogens is 260 g/mol. The third-order valence-corrected chi connectivity index (χ3v) is 6.49. The van der Waals surface area contributed by atoms with E-state index in [0.717, 1.165) is 37.3 Å². The molecule has 2 aliphatic carbocycles. The Bertz CT molecular complexity index is 319. The monoisotopic (exact) mass is 294 g/mol. The molecule has 3 fully saturated rings. The minimum atomic E-state index is -0.429. The third-order valence-electron chi connectivity index (χ3n) is 6.49. The molecule has 0 aromatic rings. The summed E-state index contributed by atoms with van der Waals surface area (Å²) in [5, 5.41) is 18.3. The standard InChI is InChI=1S/C18H34N2O/c1-2-14-8-10-18(21,11-9-14)13-20-17-6-3-5-15(17)16-7-4-12-19-16/h14-17,19-21H,2-13H2,1H3. The number of aliphatic hydroxyl groups is 1. The highest BCUT2D eigenvalue weighted by Gasteiger charge is 2.37. The summed E-state index contributed by atoms with van der Waals surface area (Å²) < 4.78 is 0. The summed E-state index contributed by atoms with van der Waals surface area (Å²) in [6.45, 7) is 4.30. The summed E-state index contributed by atoms with van der Waals surface area (Å²) in [6.07, 6.45) is 12.4. The van der Waals surface area contributed by atoms with Gasteiger partial charge < -0.3 is 15.7 Å². The van der Waals surface area contributed by atoms with Gasteiger partial charge in [-0.05, 0) is 69.7 Å². The van der Waals surface area contributed by atoms with Crippen LogP contribution in [0.3, 0.4) is 0 Å². The second-order valence-corrected chi connectivity index (χ2v) is 7.86. The first-order chi connectivity index (χ1) is 10.2. The van der Waals surface area contributed by atoms with E-state index in [1.54, 1.807) is 0 Å². The summed E-state index contributed by atoms with van der Waals surface area (Å²) in [7, 11) is 0. The van der Waals surface area contributed by atoms with Crippen LogP contribution in [-0.4, -0.2) is 35.9 Å². The molecular formula is C18H34N2O. The first kappa shape index (κ1) is 15.8. The van der Waals surface area contributed by atoms with Gasteiger partial charge in [0.25, 0.3) is 0 Å². The average Bonchev–Trinajstić information content (AvgIpc) is 3.17. The molecule has 0 bridgehead atoms. The molecule has 0 amide bonds. The summed E-state index contributed by atoms with van der Waals surface area (Å²) >= 11 is 0. The summed E-state index contributed by atoms with van der Waals surface area (Å²) in [5.74, 6) is 1.65. The van der Waals surface area contributed by atoms with Crippen molar-refractivity contribution in [1.82, 2.24) is 10.6 Å². The van der Waals surface area contributed by atoms with Crippen molar-refractivity contribution in [3.8, 4) is 0 Å². The fraction of sp³-hybridized carbons (Fsp3) is 1.00. The van der Waals surface area contributed by atoms with Crippen LogP contribution < -0.4 is 10.6 Å². The van der Waals surface area contributed by atoms with E-state index in [1.807, 2.05) is 0 Å². The predicted molar refractivity (Wildman–Crippen MR) is 87.4 cm³/mol. The molecule has 21 heavy (non-hydrogen) atoms. The smallest absolute Gasteiger partial charge is 0.0771 e. The Kier molecular flexibility index (Phi) is 5.23. The topological polar surface area (TPSA) is 44.3 Å². The fourth-order valence-electron chi connectivity index (χ4n) is 4.92. The van der Waals surface area contributed by atoms with Crippen LogP contribution in [0.4, 0.5) is 0 Å². The van der Waals surface area contributed by atoms with Crippen LogP contribution in [0.2, 0.25) is 0 Å². The van der Waals surface area contributed by atoms with Crippen LogP contribution in [0, 0.1) is 11.8 Å². The Morgan fingerprint density at radius 2 is 1.90 bits per heavy atom. The van der Waals surface area contributed by atoms with Gasteiger partial charge in [0, 0.05) is 18.6 Å². The zero-order valence-corrected chi connectivity index (χ0v) is 13.7. The van der Waals surface area contributed by atoms with Gasteiger partial charge in [-0.1, -0.05) is 19.8 Å². The van der Waals surface area contributed by atoms with E-state index in [4.69, 9.17) is 0 Å². The predicted octanol–water partition coefficient (Wildman–Crippen LogP) is 2.83. The lowest BCUT2D eigenvalue weighted by molar-refractivity contribution is -0.0118. The number of hydrogen-bond acceptors (Lipinski definition) is 3. The van der Waals surface area contributed by atoms with Gasteiger partial charge in [0.15, 0.2) is 0 Å². The van der Waals surface area contributed by atoms with E-state index in [0.29, 0.717) is 6.04 Å². The van der Waals surface area contributed by atoms with Crippen molar-refractivity contribution in [2.24, 2.45) is 11.8 Å². The number of nitrogens with one attached hydrogen (secondary N) is 2. The van der Waals surface area contributed by atoms with Crippen molar-refractivity contribution in [1.29, 1.82) is 0 Å². The summed E-state index contributed by atoms with van der Waals surface area (Å²) in [6, 6.07) is 1.36. The van der Waals surface area contributed by atoms with Gasteiger partial charge in [0.2, 0.25) is 0 Å². The van der Waals surface area contributed by atoms with Crippen molar-refractivity contribution < 1.29 is 5.11 Å². The van der Waals surface area contributed by atoms with E-state index in [9.17, 15) is 5.11 Å². The maximum atomic E-state index is 10.8. The van der Waals surface area contributed by atoms with Crippen molar-refractivity contribution in [3.63, 3.8) is 0 Å². The number of rotatable bonds is 5. The highest BCUT2D eigenvalue weighted by Crippen LogP contribution is 2.35. The molecule has 1 saturated heterocycles. The third kappa shape index (κ3) is 3.80. The van der Waals surface area contributed by atoms with Crippen molar-refractivity contribution in [2.75, 3.05) is 13.1 Å². The fourth-order valence-corrected chi connectivity index (χ4v) is 4.92. The lowest BCUT2D eigenvalue weighted by atomic mass is 9.77. The normalized spacial score (nSPS) is 44.3. The summed E-state index contributed by atoms with van der Waals surface area (Å²) in [5.41, 5.74) is -0.429. The Labute approximate surface area is 130 Å². The molecule has 3 aliphatic rings. The second-order valence-electron chi connectivity index (χ2n) is 7.86. The molecule has 0 radical (unpaired) electrons. The molecule has 1 aliphatic heterocycles. The maximum absolute atomic E-state index is 10.8. The van der Waals surface area contributed by atoms with Crippen molar-refractivity contribution in [2.45, 2.75) is 88.8 Å². The van der Waals surface area contributed by atoms with Crippen molar-refractivity contribution in [3.05, 3.63) is 0 Å². The first-order valence-electron chi connectivity index (χ1n) is 9.39. The van der Waals surface area contributed by atoms with Crippen LogP contribution in [0.5, 0.6) is 0 Å². The van der Waals surface area contributed by atoms with Gasteiger partial charge in [0.05, 0.1) is 5.60 Å². The van der Waals surface area contributed by atoms with Gasteiger partial charge in [-0.3, -0.25) is 0 Å². The molecule has 1 heterocycles. The zero-order chi connectivity index (χ0) is 14.7. The molecule has 3 rings (SSSR count). The van der Waals surface area contributed by atoms with Gasteiger partial charge in [0.1, 0.15) is 0 Å². The van der Waals surface area contributed by atoms with E-state index in [1.165, 1.54) is 57.9 Å². The summed E-state index contributed by atoms with van der Waals surface area (Å²) in [4.78, 5) is 0. The lowest BCUT2D eigenvalue weighted by Crippen LogP contribution is -2.49. The maximum Gasteiger partial charge on any atom is 0.0771 e. The average molecular weight is 294 g/mol. The van der Waals surface area contributed by atoms with Crippen LogP contribution >= 0.6 is 0 Å². The van der Waals surface area contributed by atoms with Crippen molar-refractivity contribution >= 4 is 0 Å². The molecule has 3 N–H and O–H groups in total. The Morgan fingerprint density at radius 1 is 1.10 bits per heavy atom. The number of hydrogen-bond donors (Lipinski definition) is 3. The lowest BCUT2D eigenvalue weighted by Gasteiger charge is -2.38. The van der Waals surface area contributed by atoms with Crippen LogP contribution in [0.15, 0.2) is 0 Å². The van der Waals surface area contributed by atoms with Gasteiger partial charge in [-0.2, -0.15) is 0 Å². The first-order valence-corrected chi connectivity index (χ1v) is 9.39. The van der Waals surface area contributed by atoms with E-state index >= 15 is 0 Å².